The van der Waals surface area contributed by atoms with Crippen LogP contribution in [0.15, 0.2) is 70.1 Å². The number of phenols is 1. The Morgan fingerprint density at radius 2 is 1.84 bits per heavy atom. The van der Waals surface area contributed by atoms with Gasteiger partial charge in [-0.05, 0) is 43.7 Å². The molecule has 1 aliphatic heterocycles. The Morgan fingerprint density at radius 1 is 1.06 bits per heavy atom. The monoisotopic (exact) mass is 494 g/mol. The zero-order valence-electron chi connectivity index (χ0n) is 18.4. The SMILES string of the molecule is CCOc1cccc([C@H]2CC(c3ccc(C)cc3)=N[C@H](c3cc(Br)ccc3OC)N2)c1O. The second-order valence-electron chi connectivity index (χ2n) is 7.78. The number of hydrogen-bond acceptors (Lipinski definition) is 5. The first-order chi connectivity index (χ1) is 15.5. The lowest BCUT2D eigenvalue weighted by Crippen LogP contribution is -2.33. The first kappa shape index (κ1) is 22.4. The summed E-state index contributed by atoms with van der Waals surface area (Å²) in [4.78, 5) is 5.06. The molecule has 0 amide bonds. The van der Waals surface area contributed by atoms with Gasteiger partial charge >= 0.3 is 0 Å². The molecule has 0 bridgehead atoms. The maximum absolute atomic E-state index is 10.9. The first-order valence-corrected chi connectivity index (χ1v) is 11.5. The second kappa shape index (κ2) is 9.76. The van der Waals surface area contributed by atoms with Crippen molar-refractivity contribution in [1.82, 2.24) is 5.32 Å². The second-order valence-corrected chi connectivity index (χ2v) is 8.70. The molecule has 166 valence electrons. The molecule has 0 aromatic heterocycles. The number of para-hydroxylation sites is 1. The fourth-order valence-electron chi connectivity index (χ4n) is 4.00. The molecule has 0 saturated heterocycles. The number of nitrogens with zero attached hydrogens (tertiary/aromatic N) is 1. The molecule has 0 unspecified atom stereocenters. The van der Waals surface area contributed by atoms with Crippen molar-refractivity contribution in [3.8, 4) is 17.2 Å². The van der Waals surface area contributed by atoms with Gasteiger partial charge in [0, 0.05) is 33.8 Å². The lowest BCUT2D eigenvalue weighted by atomic mass is 9.93. The van der Waals surface area contributed by atoms with Crippen molar-refractivity contribution >= 4 is 21.6 Å². The summed E-state index contributed by atoms with van der Waals surface area (Å²) in [5.41, 5.74) is 4.96. The van der Waals surface area contributed by atoms with Crippen LogP contribution >= 0.6 is 15.9 Å². The van der Waals surface area contributed by atoms with E-state index in [1.54, 1.807) is 13.2 Å². The van der Waals surface area contributed by atoms with Crippen LogP contribution in [0.3, 0.4) is 0 Å². The van der Waals surface area contributed by atoms with Gasteiger partial charge in [-0.3, -0.25) is 10.3 Å². The van der Waals surface area contributed by atoms with Crippen LogP contribution in [-0.4, -0.2) is 24.5 Å². The number of rotatable bonds is 6. The number of aromatic hydroxyl groups is 1. The van der Waals surface area contributed by atoms with Crippen LogP contribution in [0.2, 0.25) is 0 Å². The Labute approximate surface area is 197 Å². The Bertz CT molecular complexity index is 1130. The zero-order chi connectivity index (χ0) is 22.7. The number of phenolic OH excluding ortho intramolecular Hbond substituents is 1. The van der Waals surface area contributed by atoms with E-state index in [-0.39, 0.29) is 18.0 Å². The van der Waals surface area contributed by atoms with E-state index in [9.17, 15) is 5.11 Å². The van der Waals surface area contributed by atoms with Crippen molar-refractivity contribution in [2.45, 2.75) is 32.5 Å². The standard InChI is InChI=1S/C26H27BrN2O3/c1-4-32-24-7-5-6-19(25(24)30)22-15-21(17-10-8-16(2)9-11-17)28-26(29-22)20-14-18(27)12-13-23(20)31-3/h5-14,22,26,29-30H,4,15H2,1-3H3/t22-,26+/m1/s1. The molecule has 0 radical (unpaired) electrons. The Hall–Kier alpha value is -2.83. The van der Waals surface area contributed by atoms with Crippen LogP contribution in [-0.2, 0) is 0 Å². The minimum Gasteiger partial charge on any atom is -0.504 e. The minimum absolute atomic E-state index is 0.155. The van der Waals surface area contributed by atoms with Crippen LogP contribution in [0, 0.1) is 6.92 Å². The third-order valence-corrected chi connectivity index (χ3v) is 6.11. The van der Waals surface area contributed by atoms with Gasteiger partial charge in [0.1, 0.15) is 11.9 Å². The summed E-state index contributed by atoms with van der Waals surface area (Å²) in [7, 11) is 1.66. The molecule has 3 aromatic rings. The van der Waals surface area contributed by atoms with Gasteiger partial charge in [0.15, 0.2) is 11.5 Å². The molecular formula is C26H27BrN2O3. The van der Waals surface area contributed by atoms with Gasteiger partial charge in [0.25, 0.3) is 0 Å². The molecule has 0 saturated carbocycles. The maximum atomic E-state index is 10.9. The van der Waals surface area contributed by atoms with Crippen molar-refractivity contribution in [3.05, 3.63) is 87.4 Å². The third kappa shape index (κ3) is 4.66. The normalized spacial score (nSPS) is 18.2. The molecule has 0 aliphatic carbocycles. The van der Waals surface area contributed by atoms with Gasteiger partial charge in [-0.25, -0.2) is 0 Å². The van der Waals surface area contributed by atoms with Crippen LogP contribution in [0.1, 0.15) is 47.8 Å². The van der Waals surface area contributed by atoms with Crippen LogP contribution in [0.5, 0.6) is 17.2 Å². The topological polar surface area (TPSA) is 63.1 Å². The van der Waals surface area contributed by atoms with Crippen molar-refractivity contribution in [2.75, 3.05) is 13.7 Å². The molecule has 1 heterocycles. The molecule has 32 heavy (non-hydrogen) atoms. The minimum atomic E-state index is -0.340. The average Bonchev–Trinajstić information content (AvgIpc) is 2.80. The van der Waals surface area contributed by atoms with E-state index in [1.807, 2.05) is 37.3 Å². The van der Waals surface area contributed by atoms with E-state index in [0.29, 0.717) is 18.8 Å². The van der Waals surface area contributed by atoms with Gasteiger partial charge in [0.05, 0.1) is 13.7 Å². The van der Waals surface area contributed by atoms with Crippen molar-refractivity contribution < 1.29 is 14.6 Å². The summed E-state index contributed by atoms with van der Waals surface area (Å²) in [5.74, 6) is 1.41. The molecular weight excluding hydrogens is 468 g/mol. The van der Waals surface area contributed by atoms with E-state index < -0.39 is 0 Å². The van der Waals surface area contributed by atoms with Gasteiger partial charge < -0.3 is 14.6 Å². The van der Waals surface area contributed by atoms with E-state index in [0.717, 1.165) is 32.6 Å². The first-order valence-electron chi connectivity index (χ1n) is 10.7. The molecule has 2 N–H and O–H groups in total. The molecule has 6 heteroatoms. The molecule has 4 rings (SSSR count). The predicted octanol–water partition coefficient (Wildman–Crippen LogP) is 6.09. The molecule has 0 spiro atoms. The number of nitrogens with one attached hydrogen (secondary N) is 1. The van der Waals surface area contributed by atoms with E-state index in [4.69, 9.17) is 14.5 Å². The van der Waals surface area contributed by atoms with Gasteiger partial charge in [0.2, 0.25) is 0 Å². The summed E-state index contributed by atoms with van der Waals surface area (Å²) in [5, 5.41) is 14.5. The number of halogens is 1. The molecule has 0 fully saturated rings. The van der Waals surface area contributed by atoms with Crippen molar-refractivity contribution in [2.24, 2.45) is 4.99 Å². The lowest BCUT2D eigenvalue weighted by Gasteiger charge is -2.32. The lowest BCUT2D eigenvalue weighted by molar-refractivity contribution is 0.313. The number of ether oxygens (including phenoxy) is 2. The highest BCUT2D eigenvalue weighted by molar-refractivity contribution is 9.10. The summed E-state index contributed by atoms with van der Waals surface area (Å²) in [6.07, 6.45) is 0.298. The Kier molecular flexibility index (Phi) is 6.82. The van der Waals surface area contributed by atoms with Crippen LogP contribution < -0.4 is 14.8 Å². The Balaban J connectivity index is 1.80. The van der Waals surface area contributed by atoms with Crippen LogP contribution in [0.4, 0.5) is 0 Å². The fourth-order valence-corrected chi connectivity index (χ4v) is 4.38. The van der Waals surface area contributed by atoms with Crippen LogP contribution in [0.25, 0.3) is 0 Å². The van der Waals surface area contributed by atoms with Gasteiger partial charge in [-0.15, -0.1) is 0 Å². The smallest absolute Gasteiger partial charge is 0.162 e. The third-order valence-electron chi connectivity index (χ3n) is 5.62. The summed E-state index contributed by atoms with van der Waals surface area (Å²) < 4.78 is 12.2. The highest BCUT2D eigenvalue weighted by Crippen LogP contribution is 2.40. The fraction of sp³-hybridized carbons (Fsp3) is 0.269. The number of hydrogen-bond donors (Lipinski definition) is 2. The Morgan fingerprint density at radius 3 is 2.56 bits per heavy atom. The molecule has 5 nitrogen and oxygen atoms in total. The number of aryl methyl sites for hydroxylation is 1. The quantitative estimate of drug-likeness (QED) is 0.434. The predicted molar refractivity (Wildman–Crippen MR) is 131 cm³/mol. The van der Waals surface area contributed by atoms with Crippen molar-refractivity contribution in [3.63, 3.8) is 0 Å². The number of benzene rings is 3. The summed E-state index contributed by atoms with van der Waals surface area (Å²) in [6, 6.07) is 19.8. The summed E-state index contributed by atoms with van der Waals surface area (Å²) >= 11 is 3.57. The highest BCUT2D eigenvalue weighted by atomic mass is 79.9. The molecule has 1 aliphatic rings. The number of methoxy groups -OCH3 is 1. The highest BCUT2D eigenvalue weighted by Gasteiger charge is 2.30. The molecule has 3 aromatic carbocycles. The van der Waals surface area contributed by atoms with Gasteiger partial charge in [-0.1, -0.05) is 57.9 Å². The zero-order valence-corrected chi connectivity index (χ0v) is 20.0. The number of aliphatic imine (C=N–C) groups is 1. The van der Waals surface area contributed by atoms with E-state index >= 15 is 0 Å². The average molecular weight is 495 g/mol. The maximum Gasteiger partial charge on any atom is 0.162 e. The van der Waals surface area contributed by atoms with E-state index in [1.165, 1.54) is 5.56 Å². The summed E-state index contributed by atoms with van der Waals surface area (Å²) in [6.45, 7) is 4.47. The largest absolute Gasteiger partial charge is 0.504 e. The molecule has 2 atom stereocenters. The van der Waals surface area contributed by atoms with Gasteiger partial charge in [-0.2, -0.15) is 0 Å². The van der Waals surface area contributed by atoms with E-state index in [2.05, 4.69) is 52.4 Å². The van der Waals surface area contributed by atoms with Crippen molar-refractivity contribution in [1.29, 1.82) is 0 Å².